The van der Waals surface area contributed by atoms with Crippen molar-refractivity contribution >= 4 is 27.5 Å². The zero-order chi connectivity index (χ0) is 13.8. The maximum atomic E-state index is 6.03. The molecule has 0 saturated carbocycles. The largest absolute Gasteiger partial charge is 0.457 e. The van der Waals surface area contributed by atoms with E-state index in [0.29, 0.717) is 10.9 Å². The minimum Gasteiger partial charge on any atom is -0.457 e. The van der Waals surface area contributed by atoms with Gasteiger partial charge in [0.05, 0.1) is 0 Å². The lowest BCUT2D eigenvalue weighted by Crippen LogP contribution is -1.92. The normalized spacial score (nSPS) is 10.8. The molecule has 0 aliphatic rings. The van der Waals surface area contributed by atoms with Crippen molar-refractivity contribution in [2.45, 2.75) is 25.1 Å². The molecule has 0 N–H and O–H groups in total. The van der Waals surface area contributed by atoms with Crippen LogP contribution < -0.4 is 4.74 Å². The van der Waals surface area contributed by atoms with Crippen molar-refractivity contribution in [1.82, 2.24) is 0 Å². The van der Waals surface area contributed by atoms with E-state index in [1.165, 1.54) is 5.56 Å². The third kappa shape index (κ3) is 3.74. The third-order valence-corrected chi connectivity index (χ3v) is 3.76. The van der Waals surface area contributed by atoms with Crippen molar-refractivity contribution in [3.8, 4) is 11.5 Å². The molecule has 2 aromatic rings. The highest BCUT2D eigenvalue weighted by Crippen LogP contribution is 2.31. The van der Waals surface area contributed by atoms with Crippen LogP contribution >= 0.6 is 27.5 Å². The van der Waals surface area contributed by atoms with Crippen LogP contribution in [-0.2, 0) is 5.33 Å². The van der Waals surface area contributed by atoms with Crippen LogP contribution in [0.15, 0.2) is 42.5 Å². The first-order chi connectivity index (χ1) is 9.10. The fourth-order valence-electron chi connectivity index (χ4n) is 1.80. The molecule has 0 amide bonds. The van der Waals surface area contributed by atoms with Crippen LogP contribution in [0, 0.1) is 0 Å². The van der Waals surface area contributed by atoms with E-state index in [2.05, 4.69) is 41.9 Å². The van der Waals surface area contributed by atoms with Gasteiger partial charge in [0.1, 0.15) is 11.5 Å². The number of rotatable bonds is 4. The van der Waals surface area contributed by atoms with Gasteiger partial charge >= 0.3 is 0 Å². The Morgan fingerprint density at radius 2 is 1.95 bits per heavy atom. The lowest BCUT2D eigenvalue weighted by atomic mass is 10.0. The summed E-state index contributed by atoms with van der Waals surface area (Å²) in [7, 11) is 0. The summed E-state index contributed by atoms with van der Waals surface area (Å²) in [5.74, 6) is 2.12. The Bertz CT molecular complexity index is 566. The monoisotopic (exact) mass is 338 g/mol. The van der Waals surface area contributed by atoms with E-state index in [1.807, 2.05) is 30.3 Å². The lowest BCUT2D eigenvalue weighted by Gasteiger charge is -2.12. The molecule has 0 aromatic heterocycles. The molecule has 1 nitrogen and oxygen atoms in total. The predicted molar refractivity (Wildman–Crippen MR) is 84.7 cm³/mol. The van der Waals surface area contributed by atoms with Crippen molar-refractivity contribution in [3.63, 3.8) is 0 Å². The van der Waals surface area contributed by atoms with Gasteiger partial charge in [-0.2, -0.15) is 0 Å². The van der Waals surface area contributed by atoms with E-state index in [9.17, 15) is 0 Å². The van der Waals surface area contributed by atoms with Gasteiger partial charge in [-0.05, 0) is 35.7 Å². The van der Waals surface area contributed by atoms with Crippen molar-refractivity contribution < 1.29 is 4.74 Å². The molecule has 0 aliphatic carbocycles. The van der Waals surface area contributed by atoms with Gasteiger partial charge in [-0.1, -0.05) is 59.6 Å². The summed E-state index contributed by atoms with van der Waals surface area (Å²) in [6.07, 6.45) is 0. The average Bonchev–Trinajstić information content (AvgIpc) is 2.39. The molecule has 0 heterocycles. The molecule has 19 heavy (non-hydrogen) atoms. The van der Waals surface area contributed by atoms with Crippen molar-refractivity contribution in [2.24, 2.45) is 0 Å². The standard InChI is InChI=1S/C16H16BrClO/c1-11(2)12-4-3-5-15(8-12)19-16-9-14(18)7-6-13(16)10-17/h3-9,11H,10H2,1-2H3. The Labute approximate surface area is 127 Å². The molecular formula is C16H16BrClO. The maximum absolute atomic E-state index is 6.03. The summed E-state index contributed by atoms with van der Waals surface area (Å²) in [4.78, 5) is 0. The Kier molecular flexibility index (Phi) is 4.89. The molecule has 0 spiro atoms. The van der Waals surface area contributed by atoms with Gasteiger partial charge in [-0.25, -0.2) is 0 Å². The van der Waals surface area contributed by atoms with Gasteiger partial charge in [0.15, 0.2) is 0 Å². The lowest BCUT2D eigenvalue weighted by molar-refractivity contribution is 0.477. The van der Waals surface area contributed by atoms with E-state index in [-0.39, 0.29) is 0 Å². The summed E-state index contributed by atoms with van der Waals surface area (Å²) in [6, 6.07) is 13.9. The highest BCUT2D eigenvalue weighted by molar-refractivity contribution is 9.08. The van der Waals surface area contributed by atoms with Crippen LogP contribution in [0.4, 0.5) is 0 Å². The first-order valence-electron chi connectivity index (χ1n) is 6.22. The summed E-state index contributed by atoms with van der Waals surface area (Å²) < 4.78 is 5.96. The highest BCUT2D eigenvalue weighted by Gasteiger charge is 2.07. The second kappa shape index (κ2) is 6.44. The van der Waals surface area contributed by atoms with Crippen LogP contribution in [-0.4, -0.2) is 0 Å². The number of alkyl halides is 1. The predicted octanol–water partition coefficient (Wildman–Crippen LogP) is 6.15. The topological polar surface area (TPSA) is 9.23 Å². The Hall–Kier alpha value is -0.990. The zero-order valence-corrected chi connectivity index (χ0v) is 13.3. The van der Waals surface area contributed by atoms with E-state index in [1.54, 1.807) is 0 Å². The third-order valence-electron chi connectivity index (χ3n) is 2.93. The van der Waals surface area contributed by atoms with Crippen molar-refractivity contribution in [2.75, 3.05) is 0 Å². The van der Waals surface area contributed by atoms with Gasteiger partial charge in [0, 0.05) is 15.9 Å². The van der Waals surface area contributed by atoms with Crippen molar-refractivity contribution in [1.29, 1.82) is 0 Å². The molecule has 0 radical (unpaired) electrons. The summed E-state index contributed by atoms with van der Waals surface area (Å²) in [5.41, 5.74) is 2.35. The SMILES string of the molecule is CC(C)c1cccc(Oc2cc(Cl)ccc2CBr)c1. The second-order valence-corrected chi connectivity index (χ2v) is 5.71. The van der Waals surface area contributed by atoms with E-state index < -0.39 is 0 Å². The fraction of sp³-hybridized carbons (Fsp3) is 0.250. The van der Waals surface area contributed by atoms with Gasteiger partial charge in [0.2, 0.25) is 0 Å². The quantitative estimate of drug-likeness (QED) is 0.607. The molecule has 2 aromatic carbocycles. The number of benzene rings is 2. The highest BCUT2D eigenvalue weighted by atomic mass is 79.9. The van der Waals surface area contributed by atoms with Crippen LogP contribution in [0.2, 0.25) is 5.02 Å². The molecule has 0 unspecified atom stereocenters. The Morgan fingerprint density at radius 3 is 2.63 bits per heavy atom. The van der Waals surface area contributed by atoms with Crippen LogP contribution in [0.5, 0.6) is 11.5 Å². The molecular weight excluding hydrogens is 324 g/mol. The smallest absolute Gasteiger partial charge is 0.132 e. The Morgan fingerprint density at radius 1 is 1.16 bits per heavy atom. The minimum absolute atomic E-state index is 0.485. The minimum atomic E-state index is 0.485. The fourth-order valence-corrected chi connectivity index (χ4v) is 2.42. The molecule has 0 saturated heterocycles. The zero-order valence-electron chi connectivity index (χ0n) is 11.0. The van der Waals surface area contributed by atoms with E-state index >= 15 is 0 Å². The molecule has 0 bridgehead atoms. The molecule has 0 aliphatic heterocycles. The van der Waals surface area contributed by atoms with Crippen molar-refractivity contribution in [3.05, 3.63) is 58.6 Å². The molecule has 100 valence electrons. The van der Waals surface area contributed by atoms with E-state index in [4.69, 9.17) is 16.3 Å². The number of hydrogen-bond donors (Lipinski definition) is 0. The Balaban J connectivity index is 2.30. The summed E-state index contributed by atoms with van der Waals surface area (Å²) >= 11 is 9.49. The summed E-state index contributed by atoms with van der Waals surface area (Å²) in [5, 5.41) is 1.42. The van der Waals surface area contributed by atoms with Gasteiger partial charge in [0.25, 0.3) is 0 Å². The number of hydrogen-bond acceptors (Lipinski definition) is 1. The molecule has 2 rings (SSSR count). The maximum Gasteiger partial charge on any atom is 0.132 e. The first kappa shape index (κ1) is 14.4. The van der Waals surface area contributed by atoms with Crippen LogP contribution in [0.3, 0.4) is 0 Å². The van der Waals surface area contributed by atoms with Gasteiger partial charge < -0.3 is 4.74 Å². The second-order valence-electron chi connectivity index (χ2n) is 4.71. The van der Waals surface area contributed by atoms with Crippen LogP contribution in [0.1, 0.15) is 30.9 Å². The van der Waals surface area contributed by atoms with Gasteiger partial charge in [-0.3, -0.25) is 0 Å². The summed E-state index contributed by atoms with van der Waals surface area (Å²) in [6.45, 7) is 4.34. The average molecular weight is 340 g/mol. The number of ether oxygens (including phenoxy) is 1. The molecule has 0 atom stereocenters. The molecule has 3 heteroatoms. The first-order valence-corrected chi connectivity index (χ1v) is 7.72. The molecule has 0 fully saturated rings. The number of halogens is 2. The van der Waals surface area contributed by atoms with Crippen LogP contribution in [0.25, 0.3) is 0 Å². The van der Waals surface area contributed by atoms with Gasteiger partial charge in [-0.15, -0.1) is 0 Å². The van der Waals surface area contributed by atoms with E-state index in [0.717, 1.165) is 22.4 Å².